The molecule has 0 aliphatic rings. The SMILES string of the molecule is CC(C)NC(=O)CCNC(=O)Cc1ccccc1O. The molecule has 1 aromatic carbocycles. The highest BCUT2D eigenvalue weighted by atomic mass is 16.3. The van der Waals surface area contributed by atoms with E-state index in [-0.39, 0.29) is 36.4 Å². The maximum atomic E-state index is 11.6. The minimum absolute atomic E-state index is 0.0853. The summed E-state index contributed by atoms with van der Waals surface area (Å²) in [7, 11) is 0. The fourth-order valence-corrected chi connectivity index (χ4v) is 1.61. The molecule has 5 nitrogen and oxygen atoms in total. The first-order valence-corrected chi connectivity index (χ1v) is 6.32. The summed E-state index contributed by atoms with van der Waals surface area (Å²) in [5, 5.41) is 14.9. The molecule has 0 aromatic heterocycles. The van der Waals surface area contributed by atoms with E-state index in [0.29, 0.717) is 12.1 Å². The minimum Gasteiger partial charge on any atom is -0.508 e. The Kier molecular flexibility index (Phi) is 5.85. The van der Waals surface area contributed by atoms with Crippen molar-refractivity contribution in [2.75, 3.05) is 6.54 Å². The van der Waals surface area contributed by atoms with Gasteiger partial charge in [-0.2, -0.15) is 0 Å². The van der Waals surface area contributed by atoms with Crippen molar-refractivity contribution in [1.82, 2.24) is 10.6 Å². The van der Waals surface area contributed by atoms with Crippen LogP contribution in [-0.4, -0.2) is 29.5 Å². The Labute approximate surface area is 113 Å². The molecular formula is C14H20N2O3. The monoisotopic (exact) mass is 264 g/mol. The number of carbonyl (C=O) groups excluding carboxylic acids is 2. The second-order valence-corrected chi connectivity index (χ2v) is 4.63. The summed E-state index contributed by atoms with van der Waals surface area (Å²) in [6, 6.07) is 6.80. The molecule has 1 rings (SSSR count). The van der Waals surface area contributed by atoms with E-state index >= 15 is 0 Å². The fraction of sp³-hybridized carbons (Fsp3) is 0.429. The molecule has 0 aliphatic carbocycles. The first kappa shape index (κ1) is 15.0. The van der Waals surface area contributed by atoms with E-state index in [1.165, 1.54) is 0 Å². The number of nitrogens with one attached hydrogen (secondary N) is 2. The van der Waals surface area contributed by atoms with Gasteiger partial charge in [-0.05, 0) is 19.9 Å². The molecule has 0 aliphatic heterocycles. The van der Waals surface area contributed by atoms with Gasteiger partial charge in [0.15, 0.2) is 0 Å². The third kappa shape index (κ3) is 5.90. The number of para-hydroxylation sites is 1. The van der Waals surface area contributed by atoms with Crippen LogP contribution in [0.4, 0.5) is 0 Å². The summed E-state index contributed by atoms with van der Waals surface area (Å²) >= 11 is 0. The van der Waals surface area contributed by atoms with Crippen molar-refractivity contribution in [3.8, 4) is 5.75 Å². The highest BCUT2D eigenvalue weighted by molar-refractivity contribution is 5.80. The topological polar surface area (TPSA) is 78.4 Å². The third-order valence-electron chi connectivity index (χ3n) is 2.47. The zero-order valence-corrected chi connectivity index (χ0v) is 11.3. The highest BCUT2D eigenvalue weighted by Crippen LogP contribution is 2.15. The molecule has 1 aromatic rings. The highest BCUT2D eigenvalue weighted by Gasteiger charge is 2.08. The van der Waals surface area contributed by atoms with Gasteiger partial charge in [0.05, 0.1) is 6.42 Å². The molecular weight excluding hydrogens is 244 g/mol. The molecule has 0 spiro atoms. The number of phenolic OH excluding ortho intramolecular Hbond substituents is 1. The van der Waals surface area contributed by atoms with Gasteiger partial charge in [0.2, 0.25) is 11.8 Å². The van der Waals surface area contributed by atoms with Crippen LogP contribution >= 0.6 is 0 Å². The molecule has 2 amide bonds. The fourth-order valence-electron chi connectivity index (χ4n) is 1.61. The molecule has 3 N–H and O–H groups in total. The van der Waals surface area contributed by atoms with Crippen LogP contribution in [0.5, 0.6) is 5.75 Å². The van der Waals surface area contributed by atoms with Gasteiger partial charge in [0.25, 0.3) is 0 Å². The van der Waals surface area contributed by atoms with Crippen molar-refractivity contribution >= 4 is 11.8 Å². The van der Waals surface area contributed by atoms with Crippen molar-refractivity contribution in [2.45, 2.75) is 32.7 Å². The predicted octanol–water partition coefficient (Wildman–Crippen LogP) is 0.966. The molecule has 5 heteroatoms. The maximum absolute atomic E-state index is 11.6. The van der Waals surface area contributed by atoms with Crippen LogP contribution in [-0.2, 0) is 16.0 Å². The molecule has 0 atom stereocenters. The van der Waals surface area contributed by atoms with Crippen molar-refractivity contribution < 1.29 is 14.7 Å². The first-order chi connectivity index (χ1) is 8.99. The lowest BCUT2D eigenvalue weighted by atomic mass is 10.1. The van der Waals surface area contributed by atoms with E-state index in [0.717, 1.165) is 0 Å². The van der Waals surface area contributed by atoms with Crippen LogP contribution in [0.25, 0.3) is 0 Å². The van der Waals surface area contributed by atoms with Crippen LogP contribution in [0.3, 0.4) is 0 Å². The molecule has 0 unspecified atom stereocenters. The zero-order chi connectivity index (χ0) is 14.3. The van der Waals surface area contributed by atoms with Crippen LogP contribution in [0.1, 0.15) is 25.8 Å². The quantitative estimate of drug-likeness (QED) is 0.716. The van der Waals surface area contributed by atoms with E-state index in [2.05, 4.69) is 10.6 Å². The van der Waals surface area contributed by atoms with Crippen molar-refractivity contribution in [1.29, 1.82) is 0 Å². The van der Waals surface area contributed by atoms with Crippen LogP contribution in [0.15, 0.2) is 24.3 Å². The molecule has 104 valence electrons. The largest absolute Gasteiger partial charge is 0.508 e. The van der Waals surface area contributed by atoms with Gasteiger partial charge in [-0.1, -0.05) is 18.2 Å². The minimum atomic E-state index is -0.209. The van der Waals surface area contributed by atoms with E-state index in [1.807, 2.05) is 13.8 Å². The Bertz CT molecular complexity index is 444. The average Bonchev–Trinajstić information content (AvgIpc) is 2.31. The zero-order valence-electron chi connectivity index (χ0n) is 11.3. The van der Waals surface area contributed by atoms with Gasteiger partial charge in [-0.25, -0.2) is 0 Å². The Morgan fingerprint density at radius 2 is 1.89 bits per heavy atom. The predicted molar refractivity (Wildman–Crippen MR) is 72.7 cm³/mol. The van der Waals surface area contributed by atoms with Crippen molar-refractivity contribution in [2.24, 2.45) is 0 Å². The number of rotatable bonds is 6. The lowest BCUT2D eigenvalue weighted by Gasteiger charge is -2.09. The summed E-state index contributed by atoms with van der Waals surface area (Å²) in [5.41, 5.74) is 0.576. The summed E-state index contributed by atoms with van der Waals surface area (Å²) in [6.45, 7) is 4.06. The van der Waals surface area contributed by atoms with Crippen LogP contribution in [0, 0.1) is 0 Å². The molecule has 0 radical (unpaired) electrons. The van der Waals surface area contributed by atoms with Gasteiger partial charge < -0.3 is 15.7 Å². The van der Waals surface area contributed by atoms with Crippen LogP contribution < -0.4 is 10.6 Å². The summed E-state index contributed by atoms with van der Waals surface area (Å²) in [6.07, 6.45) is 0.364. The summed E-state index contributed by atoms with van der Waals surface area (Å²) in [4.78, 5) is 23.0. The average molecular weight is 264 g/mol. The standard InChI is InChI=1S/C14H20N2O3/c1-10(2)16-13(18)7-8-15-14(19)9-11-5-3-4-6-12(11)17/h3-6,10,17H,7-9H2,1-2H3,(H,15,19)(H,16,18). The number of benzene rings is 1. The number of phenols is 1. The number of hydrogen-bond acceptors (Lipinski definition) is 3. The maximum Gasteiger partial charge on any atom is 0.224 e. The molecule has 0 fully saturated rings. The van der Waals surface area contributed by atoms with Gasteiger partial charge in [-0.15, -0.1) is 0 Å². The Morgan fingerprint density at radius 1 is 1.21 bits per heavy atom. The summed E-state index contributed by atoms with van der Waals surface area (Å²) in [5.74, 6) is -0.188. The normalized spacial score (nSPS) is 10.3. The van der Waals surface area contributed by atoms with E-state index in [4.69, 9.17) is 0 Å². The molecule has 19 heavy (non-hydrogen) atoms. The van der Waals surface area contributed by atoms with E-state index < -0.39 is 0 Å². The Balaban J connectivity index is 2.29. The molecule has 0 bridgehead atoms. The Hall–Kier alpha value is -2.04. The first-order valence-electron chi connectivity index (χ1n) is 6.32. The van der Waals surface area contributed by atoms with Crippen LogP contribution in [0.2, 0.25) is 0 Å². The number of hydrogen-bond donors (Lipinski definition) is 3. The Morgan fingerprint density at radius 3 is 2.53 bits per heavy atom. The van der Waals surface area contributed by atoms with Crippen molar-refractivity contribution in [3.05, 3.63) is 29.8 Å². The van der Waals surface area contributed by atoms with E-state index in [1.54, 1.807) is 24.3 Å². The third-order valence-corrected chi connectivity index (χ3v) is 2.47. The van der Waals surface area contributed by atoms with Crippen molar-refractivity contribution in [3.63, 3.8) is 0 Å². The summed E-state index contributed by atoms with van der Waals surface area (Å²) < 4.78 is 0. The van der Waals surface area contributed by atoms with Gasteiger partial charge in [-0.3, -0.25) is 9.59 Å². The smallest absolute Gasteiger partial charge is 0.224 e. The van der Waals surface area contributed by atoms with Gasteiger partial charge in [0.1, 0.15) is 5.75 Å². The number of carbonyl (C=O) groups is 2. The number of amides is 2. The van der Waals surface area contributed by atoms with E-state index in [9.17, 15) is 14.7 Å². The van der Waals surface area contributed by atoms with Gasteiger partial charge >= 0.3 is 0 Å². The molecule has 0 saturated carbocycles. The molecule has 0 heterocycles. The lowest BCUT2D eigenvalue weighted by Crippen LogP contribution is -2.34. The van der Waals surface area contributed by atoms with Gasteiger partial charge in [0, 0.05) is 24.6 Å². The second-order valence-electron chi connectivity index (χ2n) is 4.63. The molecule has 0 saturated heterocycles. The lowest BCUT2D eigenvalue weighted by molar-refractivity contribution is -0.122. The second kappa shape index (κ2) is 7.41. The number of aromatic hydroxyl groups is 1.